The van der Waals surface area contributed by atoms with E-state index >= 15 is 0 Å². The van der Waals surface area contributed by atoms with E-state index < -0.39 is 11.5 Å². The second kappa shape index (κ2) is 9.32. The summed E-state index contributed by atoms with van der Waals surface area (Å²) in [7, 11) is 1.67. The number of fused-ring (bicyclic) bond motifs is 1. The number of alkyl halides is 2. The predicted octanol–water partition coefficient (Wildman–Crippen LogP) is 5.26. The average molecular weight is 535 g/mol. The van der Waals surface area contributed by atoms with E-state index in [-0.39, 0.29) is 43.4 Å². The largest absolute Gasteiger partial charge is 0.496 e. The van der Waals surface area contributed by atoms with Gasteiger partial charge in [0.2, 0.25) is 5.92 Å². The van der Waals surface area contributed by atoms with E-state index in [0.29, 0.717) is 25.1 Å². The zero-order valence-electron chi connectivity index (χ0n) is 22.2. The molecule has 1 amide bonds. The van der Waals surface area contributed by atoms with Crippen LogP contribution in [0.15, 0.2) is 42.6 Å². The maximum absolute atomic E-state index is 14.0. The van der Waals surface area contributed by atoms with Crippen LogP contribution in [0.4, 0.5) is 8.78 Å². The van der Waals surface area contributed by atoms with Gasteiger partial charge in [0.05, 0.1) is 26.4 Å². The topological polar surface area (TPSA) is 90.4 Å². The zero-order chi connectivity index (χ0) is 27.4. The number of benzene rings is 2. The normalized spacial score (nSPS) is 23.0. The van der Waals surface area contributed by atoms with E-state index in [1.54, 1.807) is 19.2 Å². The summed E-state index contributed by atoms with van der Waals surface area (Å²) in [4.78, 5) is 18.5. The van der Waals surface area contributed by atoms with E-state index in [0.717, 1.165) is 39.8 Å². The fourth-order valence-corrected chi connectivity index (χ4v) is 6.66. The van der Waals surface area contributed by atoms with Gasteiger partial charge in [0, 0.05) is 53.7 Å². The van der Waals surface area contributed by atoms with Gasteiger partial charge in [-0.2, -0.15) is 5.26 Å². The number of piperidine rings is 1. The van der Waals surface area contributed by atoms with Crippen molar-refractivity contribution >= 4 is 16.8 Å². The summed E-state index contributed by atoms with van der Waals surface area (Å²) in [6.45, 7) is 3.70. The number of nitrogens with one attached hydrogen (secondary N) is 2. The minimum atomic E-state index is -2.59. The van der Waals surface area contributed by atoms with E-state index in [9.17, 15) is 18.8 Å². The minimum Gasteiger partial charge on any atom is -0.496 e. The third-order valence-electron chi connectivity index (χ3n) is 8.78. The van der Waals surface area contributed by atoms with Crippen molar-refractivity contribution in [1.29, 1.82) is 5.26 Å². The Morgan fingerprint density at radius 2 is 2.00 bits per heavy atom. The number of carbonyl (C=O) groups is 1. The number of likely N-dealkylation sites (tertiary alicyclic amines) is 1. The lowest BCUT2D eigenvalue weighted by Gasteiger charge is -2.54. The number of nitriles is 1. The maximum Gasteiger partial charge on any atom is 0.252 e. The van der Waals surface area contributed by atoms with Crippen molar-refractivity contribution in [3.05, 3.63) is 64.8 Å². The first-order chi connectivity index (χ1) is 18.7. The second-order valence-electron chi connectivity index (χ2n) is 11.6. The Balaban J connectivity index is 1.29. The van der Waals surface area contributed by atoms with Crippen molar-refractivity contribution in [2.24, 2.45) is 5.41 Å². The number of aromatic nitrogens is 1. The number of aromatic amines is 1. The first-order valence-electron chi connectivity index (χ1n) is 13.3. The number of hydrogen-bond donors (Lipinski definition) is 2. The van der Waals surface area contributed by atoms with Crippen LogP contribution in [0.2, 0.25) is 0 Å². The van der Waals surface area contributed by atoms with Crippen LogP contribution in [0.5, 0.6) is 5.75 Å². The lowest BCUT2D eigenvalue weighted by atomic mass is 9.59. The predicted molar refractivity (Wildman–Crippen MR) is 142 cm³/mol. The monoisotopic (exact) mass is 534 g/mol. The van der Waals surface area contributed by atoms with Gasteiger partial charge < -0.3 is 19.8 Å². The number of methoxy groups -OCH3 is 1. The molecule has 1 spiro atoms. The number of rotatable bonds is 6. The van der Waals surface area contributed by atoms with Crippen molar-refractivity contribution in [1.82, 2.24) is 15.2 Å². The van der Waals surface area contributed by atoms with E-state index in [1.807, 2.05) is 31.3 Å². The highest BCUT2D eigenvalue weighted by Crippen LogP contribution is 2.60. The minimum absolute atomic E-state index is 0.0704. The highest BCUT2D eigenvalue weighted by Gasteiger charge is 2.58. The first kappa shape index (κ1) is 25.8. The van der Waals surface area contributed by atoms with Crippen molar-refractivity contribution in [3.63, 3.8) is 0 Å². The number of nitrogens with zero attached hydrogens (tertiary/aromatic N) is 2. The molecule has 7 nitrogen and oxygen atoms in total. The molecule has 39 heavy (non-hydrogen) atoms. The van der Waals surface area contributed by atoms with Gasteiger partial charge in [0.15, 0.2) is 5.54 Å². The smallest absolute Gasteiger partial charge is 0.252 e. The molecule has 1 atom stereocenters. The van der Waals surface area contributed by atoms with Gasteiger partial charge in [-0.3, -0.25) is 9.69 Å². The highest BCUT2D eigenvalue weighted by atomic mass is 19.3. The molecule has 3 heterocycles. The average Bonchev–Trinajstić information content (AvgIpc) is 3.38. The van der Waals surface area contributed by atoms with Gasteiger partial charge in [0.1, 0.15) is 5.75 Å². The molecule has 1 saturated carbocycles. The summed E-state index contributed by atoms with van der Waals surface area (Å²) in [6, 6.07) is 13.5. The van der Waals surface area contributed by atoms with E-state index in [4.69, 9.17) is 9.47 Å². The summed E-state index contributed by atoms with van der Waals surface area (Å²) >= 11 is 0. The molecule has 2 saturated heterocycles. The fraction of sp³-hybridized carbons (Fsp3) is 0.467. The number of amides is 1. The van der Waals surface area contributed by atoms with Crippen LogP contribution in [-0.4, -0.2) is 54.1 Å². The lowest BCUT2D eigenvalue weighted by Crippen LogP contribution is -2.61. The quantitative estimate of drug-likeness (QED) is 0.450. The Morgan fingerprint density at radius 3 is 2.62 bits per heavy atom. The molecular weight excluding hydrogens is 502 g/mol. The molecule has 2 N–H and O–H groups in total. The van der Waals surface area contributed by atoms with Crippen LogP contribution in [0.1, 0.15) is 58.8 Å². The van der Waals surface area contributed by atoms with Crippen LogP contribution in [0, 0.1) is 23.7 Å². The summed E-state index contributed by atoms with van der Waals surface area (Å²) in [5.74, 6) is -2.11. The maximum atomic E-state index is 14.0. The summed E-state index contributed by atoms with van der Waals surface area (Å²) in [6.07, 6.45) is 3.14. The number of ether oxygens (including phenoxy) is 2. The summed E-state index contributed by atoms with van der Waals surface area (Å²) in [5.41, 5.74) is 3.32. The van der Waals surface area contributed by atoms with Crippen LogP contribution in [0.3, 0.4) is 0 Å². The van der Waals surface area contributed by atoms with E-state index in [1.165, 1.54) is 0 Å². The second-order valence-corrected chi connectivity index (χ2v) is 11.6. The molecule has 3 fully saturated rings. The molecule has 0 radical (unpaired) electrons. The van der Waals surface area contributed by atoms with Gasteiger partial charge in [-0.05, 0) is 67.1 Å². The number of hydrogen-bond acceptors (Lipinski definition) is 5. The van der Waals surface area contributed by atoms with Crippen LogP contribution < -0.4 is 10.1 Å². The SMILES string of the molecule is COc1cc(C)c2[nH]ccc2c1CN1CCC2(C[C@H]1c1ccc(C(=O)NC3(C#N)COC3)cc1)CC(F)(F)C2. The molecule has 3 aliphatic rings. The highest BCUT2D eigenvalue weighted by molar-refractivity contribution is 5.95. The molecule has 2 aromatic carbocycles. The van der Waals surface area contributed by atoms with Crippen molar-refractivity contribution < 1.29 is 23.0 Å². The summed E-state index contributed by atoms with van der Waals surface area (Å²) < 4.78 is 39.0. The van der Waals surface area contributed by atoms with Crippen molar-refractivity contribution in [2.75, 3.05) is 26.9 Å². The van der Waals surface area contributed by atoms with Crippen LogP contribution in [0.25, 0.3) is 10.9 Å². The molecule has 9 heteroatoms. The molecular formula is C30H32F2N4O3. The summed E-state index contributed by atoms with van der Waals surface area (Å²) in [5, 5.41) is 13.3. The van der Waals surface area contributed by atoms with Gasteiger partial charge in [-0.25, -0.2) is 8.78 Å². The molecule has 6 rings (SSSR count). The molecule has 0 unspecified atom stereocenters. The number of H-pyrrole nitrogens is 1. The number of carbonyl (C=O) groups excluding carboxylic acids is 1. The van der Waals surface area contributed by atoms with Gasteiger partial charge in [-0.1, -0.05) is 12.1 Å². The van der Waals surface area contributed by atoms with Crippen molar-refractivity contribution in [3.8, 4) is 11.8 Å². The van der Waals surface area contributed by atoms with Gasteiger partial charge in [0.25, 0.3) is 5.91 Å². The molecule has 2 aliphatic heterocycles. The van der Waals surface area contributed by atoms with E-state index in [2.05, 4.69) is 27.3 Å². The first-order valence-corrected chi connectivity index (χ1v) is 13.3. The zero-order valence-corrected chi connectivity index (χ0v) is 22.2. The van der Waals surface area contributed by atoms with Gasteiger partial charge >= 0.3 is 0 Å². The van der Waals surface area contributed by atoms with Gasteiger partial charge in [-0.15, -0.1) is 0 Å². The Labute approximate surface area is 226 Å². The Bertz CT molecular complexity index is 1450. The molecule has 1 aromatic heterocycles. The standard InChI is InChI=1S/C30H32F2N4O3/c1-19-11-25(38-2)23(22-7-9-34-26(19)22)13-36-10-8-28(14-30(31,32)15-28)12-24(36)20-3-5-21(6-4-20)27(37)35-29(16-33)17-39-18-29/h3-7,9,11,24,34H,8,10,12-15,17-18H2,1-2H3,(H,35,37)/t24-/m0/s1. The Hall–Kier alpha value is -3.48. The third kappa shape index (κ3) is 4.56. The third-order valence-corrected chi connectivity index (χ3v) is 8.78. The van der Waals surface area contributed by atoms with Crippen molar-refractivity contribution in [2.45, 2.75) is 56.7 Å². The molecule has 1 aliphatic carbocycles. The number of halogens is 2. The molecule has 0 bridgehead atoms. The molecule has 3 aromatic rings. The fourth-order valence-electron chi connectivity index (χ4n) is 6.66. The number of aryl methyl sites for hydroxylation is 1. The lowest BCUT2D eigenvalue weighted by molar-refractivity contribution is -0.186. The van der Waals surface area contributed by atoms with Crippen LogP contribution in [-0.2, 0) is 11.3 Å². The Kier molecular flexibility index (Phi) is 6.16. The molecule has 204 valence electrons. The Morgan fingerprint density at radius 1 is 1.26 bits per heavy atom. The van der Waals surface area contributed by atoms with Crippen LogP contribution >= 0.6 is 0 Å².